The molecule has 1 aromatic heterocycles. The minimum atomic E-state index is -0.511. The van der Waals surface area contributed by atoms with Crippen molar-refractivity contribution in [2.24, 2.45) is 0 Å². The first-order chi connectivity index (χ1) is 8.10. The smallest absolute Gasteiger partial charge is 0.407 e. The van der Waals surface area contributed by atoms with Crippen LogP contribution in [0.5, 0.6) is 0 Å². The van der Waals surface area contributed by atoms with Gasteiger partial charge in [0.05, 0.1) is 23.4 Å². The van der Waals surface area contributed by atoms with Crippen LogP contribution in [0, 0.1) is 5.82 Å². The van der Waals surface area contributed by atoms with Crippen LogP contribution in [0.25, 0.3) is 10.2 Å². The molecule has 2 aromatic rings. The predicted molar refractivity (Wildman–Crippen MR) is 63.5 cm³/mol. The summed E-state index contributed by atoms with van der Waals surface area (Å²) in [4.78, 5) is 15.4. The van der Waals surface area contributed by atoms with Gasteiger partial charge in [0.15, 0.2) is 0 Å². The van der Waals surface area contributed by atoms with Crippen molar-refractivity contribution in [1.29, 1.82) is 0 Å². The summed E-state index contributed by atoms with van der Waals surface area (Å²) in [5, 5.41) is 3.33. The molecule has 0 aliphatic rings. The van der Waals surface area contributed by atoms with Crippen LogP contribution in [0.15, 0.2) is 18.2 Å². The molecule has 2 rings (SSSR count). The number of carbonyl (C=O) groups is 1. The van der Waals surface area contributed by atoms with E-state index in [1.54, 1.807) is 13.0 Å². The van der Waals surface area contributed by atoms with E-state index in [2.05, 4.69) is 15.0 Å². The van der Waals surface area contributed by atoms with Crippen LogP contribution in [-0.2, 0) is 4.74 Å². The van der Waals surface area contributed by atoms with E-state index in [9.17, 15) is 9.18 Å². The number of hydrogen-bond donors (Lipinski definition) is 1. The van der Waals surface area contributed by atoms with Crippen LogP contribution >= 0.6 is 11.3 Å². The molecule has 1 N–H and O–H groups in total. The molecule has 0 spiro atoms. The second-order valence-corrected chi connectivity index (χ2v) is 4.58. The highest BCUT2D eigenvalue weighted by Gasteiger charge is 2.14. The van der Waals surface area contributed by atoms with Crippen LogP contribution < -0.4 is 5.32 Å². The molecular formula is C11H11FN2O2S. The number of methoxy groups -OCH3 is 1. The quantitative estimate of drug-likeness (QED) is 0.896. The number of benzene rings is 1. The highest BCUT2D eigenvalue weighted by molar-refractivity contribution is 7.18. The number of rotatable bonds is 2. The maximum Gasteiger partial charge on any atom is 0.407 e. The second kappa shape index (κ2) is 4.67. The van der Waals surface area contributed by atoms with Crippen LogP contribution in [-0.4, -0.2) is 18.2 Å². The molecule has 0 fully saturated rings. The minimum absolute atomic E-state index is 0.261. The number of ether oxygens (including phenoxy) is 1. The normalized spacial score (nSPS) is 12.4. The summed E-state index contributed by atoms with van der Waals surface area (Å²) in [6.45, 7) is 1.80. The van der Waals surface area contributed by atoms with Gasteiger partial charge >= 0.3 is 6.09 Å². The molecule has 6 heteroatoms. The Morgan fingerprint density at radius 3 is 3.06 bits per heavy atom. The lowest BCUT2D eigenvalue weighted by molar-refractivity contribution is 0.167. The van der Waals surface area contributed by atoms with E-state index >= 15 is 0 Å². The van der Waals surface area contributed by atoms with Crippen LogP contribution in [0.1, 0.15) is 18.0 Å². The van der Waals surface area contributed by atoms with Crippen molar-refractivity contribution in [3.63, 3.8) is 0 Å². The number of hydrogen-bond acceptors (Lipinski definition) is 4. The number of halogens is 1. The highest BCUT2D eigenvalue weighted by atomic mass is 32.1. The lowest BCUT2D eigenvalue weighted by Crippen LogP contribution is -2.26. The fraction of sp³-hybridized carbons (Fsp3) is 0.273. The van der Waals surface area contributed by atoms with E-state index in [0.717, 1.165) is 15.2 Å². The standard InChI is InChI=1S/C11H11FN2O2S/c1-6(13-11(15)16-2)10-14-8-4-3-7(12)5-9(8)17-10/h3-6H,1-2H3,(H,13,15). The van der Waals surface area contributed by atoms with E-state index in [4.69, 9.17) is 0 Å². The number of nitrogens with one attached hydrogen (secondary N) is 1. The average molecular weight is 254 g/mol. The van der Waals surface area contributed by atoms with Crippen molar-refractivity contribution in [3.8, 4) is 0 Å². The fourth-order valence-corrected chi connectivity index (χ4v) is 2.39. The van der Waals surface area contributed by atoms with Crippen molar-refractivity contribution >= 4 is 27.6 Å². The molecule has 0 aliphatic heterocycles. The van der Waals surface area contributed by atoms with Gasteiger partial charge in [-0.05, 0) is 25.1 Å². The summed E-state index contributed by atoms with van der Waals surface area (Å²) in [6.07, 6.45) is -0.511. The lowest BCUT2D eigenvalue weighted by Gasteiger charge is -2.08. The second-order valence-electron chi connectivity index (χ2n) is 3.52. The zero-order chi connectivity index (χ0) is 12.4. The first kappa shape index (κ1) is 11.8. The monoisotopic (exact) mass is 254 g/mol. The number of amides is 1. The third-order valence-electron chi connectivity index (χ3n) is 2.26. The molecule has 1 amide bonds. The molecule has 17 heavy (non-hydrogen) atoms. The topological polar surface area (TPSA) is 51.2 Å². The third kappa shape index (κ3) is 2.52. The van der Waals surface area contributed by atoms with Gasteiger partial charge in [0.2, 0.25) is 0 Å². The van der Waals surface area contributed by atoms with Gasteiger partial charge in [-0.3, -0.25) is 0 Å². The van der Waals surface area contributed by atoms with E-state index in [1.165, 1.54) is 30.6 Å². The van der Waals surface area contributed by atoms with Gasteiger partial charge < -0.3 is 10.1 Å². The Balaban J connectivity index is 2.27. The summed E-state index contributed by atoms with van der Waals surface area (Å²) < 4.78 is 18.3. The van der Waals surface area contributed by atoms with Crippen LogP contribution in [0.4, 0.5) is 9.18 Å². The van der Waals surface area contributed by atoms with Crippen LogP contribution in [0.3, 0.4) is 0 Å². The molecule has 0 bridgehead atoms. The van der Waals surface area contributed by atoms with Crippen LogP contribution in [0.2, 0.25) is 0 Å². The zero-order valence-corrected chi connectivity index (χ0v) is 10.2. The summed E-state index contributed by atoms with van der Waals surface area (Å²) in [6, 6.07) is 4.16. The first-order valence-electron chi connectivity index (χ1n) is 5.00. The molecule has 0 saturated carbocycles. The maximum atomic E-state index is 13.0. The van der Waals surface area contributed by atoms with Gasteiger partial charge in [0, 0.05) is 0 Å². The van der Waals surface area contributed by atoms with Gasteiger partial charge in [-0.2, -0.15) is 0 Å². The van der Waals surface area contributed by atoms with Gasteiger partial charge in [-0.1, -0.05) is 0 Å². The predicted octanol–water partition coefficient (Wildman–Crippen LogP) is 2.85. The van der Waals surface area contributed by atoms with Crippen molar-refractivity contribution < 1.29 is 13.9 Å². The number of carbonyl (C=O) groups excluding carboxylic acids is 1. The Bertz CT molecular complexity index is 555. The highest BCUT2D eigenvalue weighted by Crippen LogP contribution is 2.26. The molecule has 1 aromatic carbocycles. The van der Waals surface area contributed by atoms with E-state index < -0.39 is 6.09 Å². The Morgan fingerprint density at radius 2 is 2.35 bits per heavy atom. The van der Waals surface area contributed by atoms with Gasteiger partial charge in [-0.15, -0.1) is 11.3 Å². The summed E-state index contributed by atoms with van der Waals surface area (Å²) >= 11 is 1.35. The Morgan fingerprint density at radius 1 is 1.59 bits per heavy atom. The largest absolute Gasteiger partial charge is 0.453 e. The average Bonchev–Trinajstić information content (AvgIpc) is 2.71. The molecule has 1 unspecified atom stereocenters. The molecule has 1 heterocycles. The summed E-state index contributed by atoms with van der Waals surface area (Å²) in [5.41, 5.74) is 0.727. The van der Waals surface area contributed by atoms with Crippen molar-refractivity contribution in [2.45, 2.75) is 13.0 Å². The van der Waals surface area contributed by atoms with Crippen molar-refractivity contribution in [2.75, 3.05) is 7.11 Å². The molecule has 0 radical (unpaired) electrons. The van der Waals surface area contributed by atoms with Crippen molar-refractivity contribution in [1.82, 2.24) is 10.3 Å². The number of aromatic nitrogens is 1. The number of thiazole rings is 1. The van der Waals surface area contributed by atoms with Gasteiger partial charge in [0.1, 0.15) is 10.8 Å². The molecular weight excluding hydrogens is 243 g/mol. The Kier molecular flexibility index (Phi) is 3.23. The number of alkyl carbamates (subject to hydrolysis) is 1. The summed E-state index contributed by atoms with van der Waals surface area (Å²) in [5.74, 6) is -0.290. The third-order valence-corrected chi connectivity index (χ3v) is 3.46. The first-order valence-corrected chi connectivity index (χ1v) is 5.82. The molecule has 1 atom stereocenters. The Hall–Kier alpha value is -1.69. The molecule has 0 aliphatic carbocycles. The SMILES string of the molecule is COC(=O)NC(C)c1nc2ccc(F)cc2s1. The number of fused-ring (bicyclic) bond motifs is 1. The van der Waals surface area contributed by atoms with E-state index in [0.29, 0.717) is 0 Å². The minimum Gasteiger partial charge on any atom is -0.453 e. The van der Waals surface area contributed by atoms with Crippen molar-refractivity contribution in [3.05, 3.63) is 29.0 Å². The Labute approximate surface area is 101 Å². The molecule has 0 saturated heterocycles. The van der Waals surface area contributed by atoms with E-state index in [1.807, 2.05) is 0 Å². The zero-order valence-electron chi connectivity index (χ0n) is 9.36. The molecule has 90 valence electrons. The van der Waals surface area contributed by atoms with E-state index in [-0.39, 0.29) is 11.9 Å². The molecule has 4 nitrogen and oxygen atoms in total. The summed E-state index contributed by atoms with van der Waals surface area (Å²) in [7, 11) is 1.30. The lowest BCUT2D eigenvalue weighted by atomic mass is 10.3. The number of nitrogens with zero attached hydrogens (tertiary/aromatic N) is 1. The maximum absolute atomic E-state index is 13.0. The van der Waals surface area contributed by atoms with Gasteiger partial charge in [0.25, 0.3) is 0 Å². The van der Waals surface area contributed by atoms with Gasteiger partial charge in [-0.25, -0.2) is 14.2 Å². The fourth-order valence-electron chi connectivity index (χ4n) is 1.40.